The average molecular weight is 435 g/mol. The topological polar surface area (TPSA) is 41.6 Å². The average Bonchev–Trinajstić information content (AvgIpc) is 2.74. The van der Waals surface area contributed by atoms with Gasteiger partial charge in [0.1, 0.15) is 5.75 Å². The van der Waals surface area contributed by atoms with Crippen LogP contribution in [0.2, 0.25) is 10.0 Å². The van der Waals surface area contributed by atoms with Gasteiger partial charge >= 0.3 is 0 Å². The third-order valence-corrected chi connectivity index (χ3v) is 6.20. The van der Waals surface area contributed by atoms with Gasteiger partial charge in [-0.3, -0.25) is 9.69 Å². The molecule has 0 spiro atoms. The van der Waals surface area contributed by atoms with Crippen LogP contribution >= 0.6 is 23.2 Å². The van der Waals surface area contributed by atoms with Crippen molar-refractivity contribution in [3.05, 3.63) is 63.6 Å². The van der Waals surface area contributed by atoms with Crippen LogP contribution in [0.3, 0.4) is 0 Å². The number of benzene rings is 2. The van der Waals surface area contributed by atoms with E-state index in [1.807, 2.05) is 36.4 Å². The second-order valence-electron chi connectivity index (χ2n) is 7.53. The predicted molar refractivity (Wildman–Crippen MR) is 119 cm³/mol. The highest BCUT2D eigenvalue weighted by atomic mass is 35.5. The van der Waals surface area contributed by atoms with Gasteiger partial charge in [-0.25, -0.2) is 0 Å². The van der Waals surface area contributed by atoms with E-state index in [1.165, 1.54) is 0 Å². The van der Waals surface area contributed by atoms with Crippen molar-refractivity contribution in [1.29, 1.82) is 0 Å². The van der Waals surface area contributed by atoms with Crippen LogP contribution in [0.4, 0.5) is 0 Å². The summed E-state index contributed by atoms with van der Waals surface area (Å²) in [6.45, 7) is 4.65. The number of hydrogen-bond donors (Lipinski definition) is 1. The van der Waals surface area contributed by atoms with Crippen LogP contribution in [0.25, 0.3) is 0 Å². The fourth-order valence-corrected chi connectivity index (χ4v) is 4.26. The highest BCUT2D eigenvalue weighted by Gasteiger charge is 2.26. The number of piperidine rings is 1. The molecule has 156 valence electrons. The van der Waals surface area contributed by atoms with Crippen molar-refractivity contribution in [1.82, 2.24) is 10.2 Å². The maximum atomic E-state index is 12.8. The Bertz CT molecular complexity index is 818. The number of nitrogens with one attached hydrogen (secondary N) is 1. The van der Waals surface area contributed by atoms with Gasteiger partial charge in [-0.2, -0.15) is 0 Å². The lowest BCUT2D eigenvalue weighted by atomic mass is 9.94. The molecule has 1 aliphatic heterocycles. The number of methoxy groups -OCH3 is 1. The highest BCUT2D eigenvalue weighted by molar-refractivity contribution is 6.35. The van der Waals surface area contributed by atoms with Gasteiger partial charge in [0.15, 0.2) is 0 Å². The maximum Gasteiger partial charge on any atom is 0.223 e. The first-order valence-corrected chi connectivity index (χ1v) is 10.9. The van der Waals surface area contributed by atoms with Crippen molar-refractivity contribution in [3.8, 4) is 5.75 Å². The van der Waals surface area contributed by atoms with Gasteiger partial charge in [0.05, 0.1) is 13.2 Å². The molecule has 1 aliphatic rings. The Balaban J connectivity index is 1.52. The molecule has 2 aromatic rings. The summed E-state index contributed by atoms with van der Waals surface area (Å²) < 4.78 is 5.22. The fraction of sp³-hybridized carbons (Fsp3) is 0.435. The van der Waals surface area contributed by atoms with E-state index in [1.54, 1.807) is 13.2 Å². The quantitative estimate of drug-likeness (QED) is 0.626. The highest BCUT2D eigenvalue weighted by Crippen LogP contribution is 2.26. The minimum atomic E-state index is 0.0271. The third kappa shape index (κ3) is 5.88. The van der Waals surface area contributed by atoms with Gasteiger partial charge in [0.2, 0.25) is 5.91 Å². The summed E-state index contributed by atoms with van der Waals surface area (Å²) in [7, 11) is 1.65. The Morgan fingerprint density at radius 1 is 1.17 bits per heavy atom. The second kappa shape index (κ2) is 10.3. The summed E-state index contributed by atoms with van der Waals surface area (Å²) in [5, 5.41) is 4.58. The van der Waals surface area contributed by atoms with Crippen molar-refractivity contribution in [2.75, 3.05) is 20.2 Å². The van der Waals surface area contributed by atoms with Crippen molar-refractivity contribution in [2.24, 2.45) is 5.92 Å². The predicted octanol–water partition coefficient (Wildman–Crippen LogP) is 5.48. The molecular weight excluding hydrogens is 407 g/mol. The molecule has 1 saturated heterocycles. The molecule has 1 unspecified atom stereocenters. The number of amides is 1. The van der Waals surface area contributed by atoms with Crippen LogP contribution < -0.4 is 10.1 Å². The summed E-state index contributed by atoms with van der Waals surface area (Å²) in [5.74, 6) is 1.03. The first-order valence-electron chi connectivity index (χ1n) is 10.1. The van der Waals surface area contributed by atoms with Crippen LogP contribution in [0.1, 0.15) is 43.4 Å². The molecule has 1 heterocycles. The number of halogens is 2. The zero-order valence-corrected chi connectivity index (χ0v) is 18.5. The molecule has 0 aromatic heterocycles. The van der Waals surface area contributed by atoms with E-state index in [0.717, 1.165) is 55.8 Å². The van der Waals surface area contributed by atoms with Crippen LogP contribution in [0.15, 0.2) is 42.5 Å². The lowest BCUT2D eigenvalue weighted by molar-refractivity contribution is -0.127. The zero-order chi connectivity index (χ0) is 20.8. The van der Waals surface area contributed by atoms with Gasteiger partial charge in [-0.1, -0.05) is 48.3 Å². The van der Waals surface area contributed by atoms with Gasteiger partial charge in [0.25, 0.3) is 0 Å². The molecule has 4 nitrogen and oxygen atoms in total. The van der Waals surface area contributed by atoms with E-state index in [4.69, 9.17) is 27.9 Å². The zero-order valence-electron chi connectivity index (χ0n) is 17.0. The number of ether oxygens (including phenoxy) is 1. The van der Waals surface area contributed by atoms with E-state index in [0.29, 0.717) is 10.0 Å². The summed E-state index contributed by atoms with van der Waals surface area (Å²) in [6, 6.07) is 13.6. The van der Waals surface area contributed by atoms with Crippen molar-refractivity contribution < 1.29 is 9.53 Å². The number of carbonyl (C=O) groups is 1. The number of rotatable bonds is 7. The van der Waals surface area contributed by atoms with Crippen LogP contribution in [-0.4, -0.2) is 31.0 Å². The number of nitrogens with zero attached hydrogens (tertiary/aromatic N) is 1. The maximum absolute atomic E-state index is 12.8. The monoisotopic (exact) mass is 434 g/mol. The number of carbonyl (C=O) groups excluding carboxylic acids is 1. The largest absolute Gasteiger partial charge is 0.497 e. The molecule has 0 radical (unpaired) electrons. The molecular formula is C23H28Cl2N2O2. The Hall–Kier alpha value is -1.75. The van der Waals surface area contributed by atoms with Crippen LogP contribution in [0, 0.1) is 5.92 Å². The minimum absolute atomic E-state index is 0.0271. The van der Waals surface area contributed by atoms with E-state index in [9.17, 15) is 4.79 Å². The fourth-order valence-electron chi connectivity index (χ4n) is 3.79. The van der Waals surface area contributed by atoms with Crippen LogP contribution in [0.5, 0.6) is 5.75 Å². The molecule has 3 rings (SSSR count). The molecule has 2 aromatic carbocycles. The van der Waals surface area contributed by atoms with Crippen LogP contribution in [-0.2, 0) is 11.3 Å². The van der Waals surface area contributed by atoms with Crippen molar-refractivity contribution >= 4 is 29.1 Å². The van der Waals surface area contributed by atoms with E-state index in [-0.39, 0.29) is 17.9 Å². The number of hydrogen-bond acceptors (Lipinski definition) is 3. The van der Waals surface area contributed by atoms with Gasteiger partial charge in [0, 0.05) is 22.5 Å². The van der Waals surface area contributed by atoms with Gasteiger partial charge < -0.3 is 10.1 Å². The molecule has 1 atom stereocenters. The summed E-state index contributed by atoms with van der Waals surface area (Å²) >= 11 is 12.3. The van der Waals surface area contributed by atoms with E-state index in [2.05, 4.69) is 17.1 Å². The Morgan fingerprint density at radius 2 is 1.86 bits per heavy atom. The van der Waals surface area contributed by atoms with Gasteiger partial charge in [-0.15, -0.1) is 0 Å². The van der Waals surface area contributed by atoms with E-state index < -0.39 is 0 Å². The Kier molecular flexibility index (Phi) is 7.82. The first-order chi connectivity index (χ1) is 14.0. The normalized spacial score (nSPS) is 16.4. The minimum Gasteiger partial charge on any atom is -0.497 e. The molecule has 29 heavy (non-hydrogen) atoms. The lowest BCUT2D eigenvalue weighted by Gasteiger charge is -2.32. The summed E-state index contributed by atoms with van der Waals surface area (Å²) in [5.41, 5.74) is 2.18. The molecule has 1 fully saturated rings. The SMILES string of the molecule is CCC(NC(=O)C1CCN(Cc2ccc(Cl)cc2Cl)CC1)c1ccc(OC)cc1. The van der Waals surface area contributed by atoms with E-state index >= 15 is 0 Å². The Labute approximate surface area is 183 Å². The van der Waals surface area contributed by atoms with Gasteiger partial charge in [-0.05, 0) is 67.7 Å². The molecule has 0 saturated carbocycles. The van der Waals surface area contributed by atoms with Crippen molar-refractivity contribution in [3.63, 3.8) is 0 Å². The molecule has 1 amide bonds. The lowest BCUT2D eigenvalue weighted by Crippen LogP contribution is -2.41. The third-order valence-electron chi connectivity index (χ3n) is 5.61. The second-order valence-corrected chi connectivity index (χ2v) is 8.37. The molecule has 0 bridgehead atoms. The Morgan fingerprint density at radius 3 is 2.45 bits per heavy atom. The smallest absolute Gasteiger partial charge is 0.223 e. The summed E-state index contributed by atoms with van der Waals surface area (Å²) in [6.07, 6.45) is 2.57. The summed E-state index contributed by atoms with van der Waals surface area (Å²) in [4.78, 5) is 15.2. The molecule has 6 heteroatoms. The standard InChI is InChI=1S/C23H28Cl2N2O2/c1-3-22(16-5-8-20(29-2)9-6-16)26-23(28)17-10-12-27(13-11-17)15-18-4-7-19(24)14-21(18)25/h4-9,14,17,22H,3,10-13,15H2,1-2H3,(H,26,28). The first kappa shape index (κ1) is 21.9. The number of likely N-dealkylation sites (tertiary alicyclic amines) is 1. The molecule has 0 aliphatic carbocycles. The molecule has 1 N–H and O–H groups in total. The van der Waals surface area contributed by atoms with Crippen molar-refractivity contribution in [2.45, 2.75) is 38.8 Å².